The number of aliphatic carboxylic acids is 1. The summed E-state index contributed by atoms with van der Waals surface area (Å²) in [5, 5.41) is 13.7. The van der Waals surface area contributed by atoms with Crippen LogP contribution in [0.4, 0.5) is 5.95 Å². The minimum absolute atomic E-state index is 0. The molecule has 0 fully saturated rings. The van der Waals surface area contributed by atoms with Crippen LogP contribution in [0.5, 0.6) is 0 Å². The smallest absolute Gasteiger partial charge is 0.550 e. The van der Waals surface area contributed by atoms with Gasteiger partial charge in [-0.15, -0.1) is 0 Å². The fourth-order valence-electron chi connectivity index (χ4n) is 3.42. The molecule has 0 saturated carbocycles. The van der Waals surface area contributed by atoms with Crippen LogP contribution >= 0.6 is 0 Å². The van der Waals surface area contributed by atoms with Gasteiger partial charge in [0, 0.05) is 17.7 Å². The number of aromatic nitrogens is 3. The number of carboxylic acid groups (broad SMARTS) is 1. The molecule has 174 valence electrons. The summed E-state index contributed by atoms with van der Waals surface area (Å²) in [5.41, 5.74) is 7.71. The third-order valence-corrected chi connectivity index (χ3v) is 5.05. The summed E-state index contributed by atoms with van der Waals surface area (Å²) >= 11 is 0. The van der Waals surface area contributed by atoms with Gasteiger partial charge in [0.2, 0.25) is 5.95 Å². The van der Waals surface area contributed by atoms with Crippen molar-refractivity contribution in [3.63, 3.8) is 0 Å². The van der Waals surface area contributed by atoms with Crippen molar-refractivity contribution >= 4 is 34.8 Å². The van der Waals surface area contributed by atoms with Crippen molar-refractivity contribution in [2.75, 3.05) is 12.3 Å². The molecule has 1 amide bonds. The molecular weight excluding hydrogens is 453 g/mol. The van der Waals surface area contributed by atoms with Crippen LogP contribution in [0.3, 0.4) is 0 Å². The van der Waals surface area contributed by atoms with Gasteiger partial charge in [0.05, 0.1) is 12.0 Å². The van der Waals surface area contributed by atoms with Gasteiger partial charge in [-0.25, -0.2) is 4.79 Å². The van der Waals surface area contributed by atoms with E-state index in [1.54, 1.807) is 37.4 Å². The molecule has 0 unspecified atom stereocenters. The van der Waals surface area contributed by atoms with Gasteiger partial charge < -0.3 is 30.7 Å². The van der Waals surface area contributed by atoms with Crippen molar-refractivity contribution in [3.8, 4) is 0 Å². The number of anilines is 1. The van der Waals surface area contributed by atoms with Gasteiger partial charge in [-0.2, -0.15) is 4.98 Å². The third-order valence-electron chi connectivity index (χ3n) is 5.05. The van der Waals surface area contributed by atoms with E-state index in [0.717, 1.165) is 11.1 Å². The number of carbonyl (C=O) groups excluding carboxylic acids is 3. The van der Waals surface area contributed by atoms with E-state index in [-0.39, 0.29) is 60.5 Å². The van der Waals surface area contributed by atoms with E-state index in [4.69, 9.17) is 10.5 Å². The summed E-state index contributed by atoms with van der Waals surface area (Å²) < 4.78 is 4.90. The SMILES string of the molecule is CCOC(=O)[C@H](CCC(=O)[O-])NC(=O)c1ccc(CCc2c[nH]c3nc(N)[nH]c(=O)c23)cc1.[Na+]. The van der Waals surface area contributed by atoms with Crippen LogP contribution < -0.4 is 51.3 Å². The fourth-order valence-corrected chi connectivity index (χ4v) is 3.42. The number of amides is 1. The maximum Gasteiger partial charge on any atom is 1.00 e. The van der Waals surface area contributed by atoms with Gasteiger partial charge in [0.15, 0.2) is 0 Å². The average molecular weight is 477 g/mol. The molecule has 12 heteroatoms. The van der Waals surface area contributed by atoms with Crippen molar-refractivity contribution in [2.24, 2.45) is 0 Å². The van der Waals surface area contributed by atoms with Crippen molar-refractivity contribution < 1.29 is 53.8 Å². The number of nitrogen functional groups attached to an aromatic ring is 1. The number of H-pyrrole nitrogens is 2. The number of hydrogen-bond acceptors (Lipinski definition) is 8. The number of nitrogens with two attached hydrogens (primary N) is 1. The van der Waals surface area contributed by atoms with Crippen LogP contribution in [0.15, 0.2) is 35.3 Å². The maximum absolute atomic E-state index is 12.5. The summed E-state index contributed by atoms with van der Waals surface area (Å²) in [6.45, 7) is 1.73. The predicted molar refractivity (Wildman–Crippen MR) is 117 cm³/mol. The molecule has 0 radical (unpaired) electrons. The van der Waals surface area contributed by atoms with Crippen LogP contribution in [-0.4, -0.2) is 45.4 Å². The molecule has 3 rings (SSSR count). The first-order valence-electron chi connectivity index (χ1n) is 10.4. The molecule has 0 aliphatic rings. The van der Waals surface area contributed by atoms with Gasteiger partial charge in [-0.1, -0.05) is 12.1 Å². The number of fused-ring (bicyclic) bond motifs is 1. The van der Waals surface area contributed by atoms with Crippen LogP contribution in [0, 0.1) is 0 Å². The minimum atomic E-state index is -1.32. The van der Waals surface area contributed by atoms with Crippen LogP contribution in [-0.2, 0) is 27.2 Å². The maximum atomic E-state index is 12.5. The van der Waals surface area contributed by atoms with Crippen LogP contribution in [0.25, 0.3) is 11.0 Å². The van der Waals surface area contributed by atoms with Crippen molar-refractivity contribution in [1.82, 2.24) is 20.3 Å². The zero-order valence-corrected chi connectivity index (χ0v) is 21.0. The Morgan fingerprint density at radius 2 is 1.91 bits per heavy atom. The minimum Gasteiger partial charge on any atom is -0.550 e. The number of hydrogen-bond donors (Lipinski definition) is 4. The Labute approximate surface area is 216 Å². The molecule has 1 aromatic carbocycles. The monoisotopic (exact) mass is 477 g/mol. The van der Waals surface area contributed by atoms with E-state index in [2.05, 4.69) is 20.3 Å². The molecule has 2 aromatic heterocycles. The van der Waals surface area contributed by atoms with Crippen molar-refractivity contribution in [1.29, 1.82) is 0 Å². The molecule has 0 aliphatic heterocycles. The zero-order valence-electron chi connectivity index (χ0n) is 19.0. The number of carbonyl (C=O) groups is 3. The fraction of sp³-hybridized carbons (Fsp3) is 0.318. The van der Waals surface area contributed by atoms with E-state index >= 15 is 0 Å². The van der Waals surface area contributed by atoms with E-state index in [1.807, 2.05) is 0 Å². The van der Waals surface area contributed by atoms with Gasteiger partial charge in [0.1, 0.15) is 11.7 Å². The summed E-state index contributed by atoms with van der Waals surface area (Å²) in [5.74, 6) is -2.50. The first-order chi connectivity index (χ1) is 15.8. The number of esters is 1. The Hall–Kier alpha value is -3.15. The summed E-state index contributed by atoms with van der Waals surface area (Å²) in [6.07, 6.45) is 2.37. The van der Waals surface area contributed by atoms with E-state index in [1.165, 1.54) is 0 Å². The van der Waals surface area contributed by atoms with Gasteiger partial charge in [-0.3, -0.25) is 14.6 Å². The summed E-state index contributed by atoms with van der Waals surface area (Å²) in [4.78, 5) is 56.9. The standard InChI is InChI=1S/C22H25N5O6.Na/c1-2-33-21(32)15(9-10-16(28)29)25-19(30)13-6-3-12(4-7-13)5-8-14-11-24-18-17(14)20(31)27-22(23)26-18;/h3-4,6-7,11,15H,2,5,8-10H2,1H3,(H,25,30)(H,28,29)(H4,23,24,26,27,31);/q;+1/p-1/t15-;/m0./s1. The average Bonchev–Trinajstić information content (AvgIpc) is 3.18. The van der Waals surface area contributed by atoms with Crippen molar-refractivity contribution in [3.05, 3.63) is 57.5 Å². The Kier molecular flexibility index (Phi) is 9.84. The van der Waals surface area contributed by atoms with Gasteiger partial charge >= 0.3 is 35.5 Å². The molecular formula is C22H24N5NaO6. The molecule has 0 bridgehead atoms. The number of aromatic amines is 2. The number of nitrogens with zero attached hydrogens (tertiary/aromatic N) is 1. The topological polar surface area (TPSA) is 183 Å². The van der Waals surface area contributed by atoms with E-state index in [9.17, 15) is 24.3 Å². The molecule has 2 heterocycles. The molecule has 3 aromatic rings. The second-order valence-electron chi connectivity index (χ2n) is 7.37. The van der Waals surface area contributed by atoms with Crippen LogP contribution in [0.1, 0.15) is 41.3 Å². The second kappa shape index (κ2) is 12.4. The molecule has 1 atom stereocenters. The number of rotatable bonds is 10. The Bertz CT molecular complexity index is 1220. The molecule has 11 nitrogen and oxygen atoms in total. The Morgan fingerprint density at radius 3 is 2.56 bits per heavy atom. The first kappa shape index (κ1) is 27.1. The molecule has 34 heavy (non-hydrogen) atoms. The number of carboxylic acids is 1. The second-order valence-corrected chi connectivity index (χ2v) is 7.37. The molecule has 0 spiro atoms. The number of nitrogens with one attached hydrogen (secondary N) is 3. The first-order valence-corrected chi connectivity index (χ1v) is 10.4. The summed E-state index contributed by atoms with van der Waals surface area (Å²) in [6, 6.07) is 5.67. The number of aryl methyl sites for hydroxylation is 2. The Morgan fingerprint density at radius 1 is 1.21 bits per heavy atom. The molecule has 0 aliphatic carbocycles. The van der Waals surface area contributed by atoms with E-state index in [0.29, 0.717) is 29.4 Å². The molecule has 5 N–H and O–H groups in total. The summed E-state index contributed by atoms with van der Waals surface area (Å²) in [7, 11) is 0. The van der Waals surface area contributed by atoms with Crippen molar-refractivity contribution in [2.45, 2.75) is 38.6 Å². The largest absolute Gasteiger partial charge is 1.00 e. The quantitative estimate of drug-likeness (QED) is 0.174. The predicted octanol–water partition coefficient (Wildman–Crippen LogP) is -3.19. The van der Waals surface area contributed by atoms with E-state index < -0.39 is 23.9 Å². The number of ether oxygens (including phenoxy) is 1. The van der Waals surface area contributed by atoms with Crippen LogP contribution in [0.2, 0.25) is 0 Å². The molecule has 0 saturated heterocycles. The Balaban J connectivity index is 0.00000408. The van der Waals surface area contributed by atoms with Gasteiger partial charge in [0.25, 0.3) is 11.5 Å². The zero-order chi connectivity index (χ0) is 24.0. The third kappa shape index (κ3) is 6.92. The number of benzene rings is 1. The van der Waals surface area contributed by atoms with Gasteiger partial charge in [-0.05, 0) is 55.9 Å². The normalized spacial score (nSPS) is 11.4.